The fraction of sp³-hybridized carbons (Fsp3) is 0.557. The fourth-order valence-electron chi connectivity index (χ4n) is 4.92. The standard InChI is InChI=1S/C19H32O6.C18H26O6.C15H24O6.C9H12O5/c1-13(2)17(20)24-15(5)9-22-11-19(7,8)12-23-10-16(6)25-18(21)14(3)4;1-8-18(9-22-15(19)12(2)3,10-23-16(20)13(4)5)11-24-17(21)14(6)7;1-5-13(16)20-9-7-18-11-15(3,4)12-19-8-10-21-14(17)6-2;1-3-8(11)13-5-7(10)6-14-9(12)4-2/h15-16H,1,3,9-12H2,2,4-8H3;2,4,6,8-11H2,1,3,5,7H3;5-6H,1-2,7-12H2,3-4H3;3-4,7,10H,1-2,5-6H2. The molecule has 0 aliphatic heterocycles. The van der Waals surface area contributed by atoms with Gasteiger partial charge in [-0.1, -0.05) is 93.8 Å². The van der Waals surface area contributed by atoms with E-state index in [0.29, 0.717) is 70.4 Å². The quantitative estimate of drug-likeness (QED) is 0.0276. The molecule has 0 aliphatic carbocycles. The molecule has 84 heavy (non-hydrogen) atoms. The Morgan fingerprint density at radius 1 is 0.393 bits per heavy atom. The van der Waals surface area contributed by atoms with Crippen molar-refractivity contribution in [1.82, 2.24) is 0 Å². The molecule has 0 fully saturated rings. The average molecular weight is 1200 g/mol. The molecule has 0 bridgehead atoms. The number of carbonyl (C=O) groups excluding carboxylic acids is 9. The molecule has 23 heteroatoms. The molecule has 23 nitrogen and oxygen atoms in total. The van der Waals surface area contributed by atoms with Crippen molar-refractivity contribution >= 4 is 53.7 Å². The maximum atomic E-state index is 11.6. The third-order valence-electron chi connectivity index (χ3n) is 9.76. The van der Waals surface area contributed by atoms with Gasteiger partial charge in [-0.25, -0.2) is 43.2 Å². The zero-order chi connectivity index (χ0) is 65.6. The number of aliphatic hydroxyl groups excluding tert-OH is 1. The van der Waals surface area contributed by atoms with Gasteiger partial charge in [0.15, 0.2) is 0 Å². The van der Waals surface area contributed by atoms with Crippen LogP contribution in [0.4, 0.5) is 0 Å². The summed E-state index contributed by atoms with van der Waals surface area (Å²) >= 11 is 0. The van der Waals surface area contributed by atoms with Crippen LogP contribution in [0.2, 0.25) is 0 Å². The van der Waals surface area contributed by atoms with Gasteiger partial charge in [-0.05, 0) is 54.9 Å². The van der Waals surface area contributed by atoms with E-state index in [9.17, 15) is 43.2 Å². The zero-order valence-corrected chi connectivity index (χ0v) is 51.6. The number of ether oxygens (including phenoxy) is 13. The molecule has 0 aliphatic rings. The summed E-state index contributed by atoms with van der Waals surface area (Å²) in [6.45, 7) is 54.4. The molecule has 0 aromatic heterocycles. The van der Waals surface area contributed by atoms with E-state index in [1.54, 1.807) is 27.7 Å². The third kappa shape index (κ3) is 48.2. The Hall–Kier alpha value is -7.31. The largest absolute Gasteiger partial charge is 0.461 e. The minimum atomic E-state index is -1.04. The molecule has 476 valence electrons. The molecule has 2 unspecified atom stereocenters. The van der Waals surface area contributed by atoms with Crippen molar-refractivity contribution in [2.45, 2.75) is 108 Å². The minimum Gasteiger partial charge on any atom is -0.461 e. The summed E-state index contributed by atoms with van der Waals surface area (Å²) in [5.41, 5.74) is 0.195. The summed E-state index contributed by atoms with van der Waals surface area (Å²) < 4.78 is 66.4. The molecule has 0 amide bonds. The Labute approximate surface area is 496 Å². The van der Waals surface area contributed by atoms with Crippen LogP contribution in [0, 0.1) is 16.2 Å². The highest BCUT2D eigenvalue weighted by atomic mass is 16.6. The van der Waals surface area contributed by atoms with Crippen LogP contribution in [0.25, 0.3) is 0 Å². The van der Waals surface area contributed by atoms with E-state index in [-0.39, 0.29) is 86.0 Å². The summed E-state index contributed by atoms with van der Waals surface area (Å²) in [6.07, 6.45) is 2.88. The van der Waals surface area contributed by atoms with Gasteiger partial charge >= 0.3 is 53.7 Å². The van der Waals surface area contributed by atoms with E-state index in [1.165, 1.54) is 20.8 Å². The molecule has 0 aromatic carbocycles. The van der Waals surface area contributed by atoms with Crippen LogP contribution >= 0.6 is 0 Å². The van der Waals surface area contributed by atoms with E-state index in [4.69, 9.17) is 57.2 Å². The van der Waals surface area contributed by atoms with Crippen LogP contribution in [0.15, 0.2) is 111 Å². The number of rotatable bonds is 40. The highest BCUT2D eigenvalue weighted by Crippen LogP contribution is 2.26. The van der Waals surface area contributed by atoms with Gasteiger partial charge in [-0.2, -0.15) is 0 Å². The molecule has 0 spiro atoms. The summed E-state index contributed by atoms with van der Waals surface area (Å²) in [4.78, 5) is 100. The van der Waals surface area contributed by atoms with Gasteiger partial charge in [-0.3, -0.25) is 0 Å². The second-order valence-electron chi connectivity index (χ2n) is 20.4. The number of hydrogen-bond donors (Lipinski definition) is 1. The first-order chi connectivity index (χ1) is 39.0. The van der Waals surface area contributed by atoms with Crippen molar-refractivity contribution in [3.05, 3.63) is 111 Å². The van der Waals surface area contributed by atoms with Gasteiger partial charge in [0.05, 0.1) is 58.3 Å². The van der Waals surface area contributed by atoms with E-state index >= 15 is 0 Å². The molecule has 0 rings (SSSR count). The lowest BCUT2D eigenvalue weighted by Crippen LogP contribution is -2.39. The van der Waals surface area contributed by atoms with Crippen LogP contribution in [-0.2, 0) is 105 Å². The molecule has 1 N–H and O–H groups in total. The van der Waals surface area contributed by atoms with Crippen molar-refractivity contribution in [2.24, 2.45) is 16.2 Å². The monoisotopic (exact) mass is 1190 g/mol. The third-order valence-corrected chi connectivity index (χ3v) is 9.76. The summed E-state index contributed by atoms with van der Waals surface area (Å²) in [5, 5.41) is 9.11. The highest BCUT2D eigenvalue weighted by molar-refractivity contribution is 5.89. The first-order valence-corrected chi connectivity index (χ1v) is 26.4. The van der Waals surface area contributed by atoms with Crippen LogP contribution < -0.4 is 0 Å². The Kier molecular flexibility index (Phi) is 46.6. The predicted octanol–water partition coefficient (Wildman–Crippen LogP) is 7.11. The first kappa shape index (κ1) is 83.2. The predicted molar refractivity (Wildman–Crippen MR) is 312 cm³/mol. The SMILES string of the molecule is C=C(C)C(=O)OC(C)COCC(C)(C)COCC(C)OC(=O)C(=C)C.C=C(C)C(=O)OCC(CC)(COC(=O)C(=C)C)COC(=O)C(=C)C.C=CC(=O)OCC(O)COC(=O)C=C.C=CC(=O)OCCOCC(C)(C)COCCOC(=O)C=C. The average Bonchev–Trinajstić information content (AvgIpc) is 3.50. The topological polar surface area (TPSA) is 294 Å². The number of aliphatic hydroxyl groups is 1. The molecule has 0 aromatic rings. The summed E-state index contributed by atoms with van der Waals surface area (Å²) in [5.74, 6) is -4.74. The molecule has 0 heterocycles. The van der Waals surface area contributed by atoms with Gasteiger partial charge in [-0.15, -0.1) is 0 Å². The lowest BCUT2D eigenvalue weighted by molar-refractivity contribution is -0.158. The van der Waals surface area contributed by atoms with Gasteiger partial charge in [0.2, 0.25) is 0 Å². The molecule has 0 radical (unpaired) electrons. The smallest absolute Gasteiger partial charge is 0.333 e. The second-order valence-corrected chi connectivity index (χ2v) is 20.4. The van der Waals surface area contributed by atoms with Gasteiger partial charge < -0.3 is 66.7 Å². The molecule has 2 atom stereocenters. The van der Waals surface area contributed by atoms with Crippen molar-refractivity contribution < 1.29 is 110 Å². The van der Waals surface area contributed by atoms with E-state index in [0.717, 1.165) is 24.3 Å². The van der Waals surface area contributed by atoms with E-state index in [1.807, 2.05) is 34.6 Å². The van der Waals surface area contributed by atoms with Crippen molar-refractivity contribution in [3.8, 4) is 0 Å². The Balaban J connectivity index is -0.000000517. The molecule has 0 saturated heterocycles. The summed E-state index contributed by atoms with van der Waals surface area (Å²) in [7, 11) is 0. The van der Waals surface area contributed by atoms with Crippen LogP contribution in [0.5, 0.6) is 0 Å². The first-order valence-electron chi connectivity index (χ1n) is 26.4. The van der Waals surface area contributed by atoms with Crippen LogP contribution in [0.1, 0.15) is 89.5 Å². The number of hydrogen-bond acceptors (Lipinski definition) is 23. The maximum absolute atomic E-state index is 11.6. The van der Waals surface area contributed by atoms with Crippen molar-refractivity contribution in [2.75, 3.05) is 99.1 Å². The Morgan fingerprint density at radius 3 is 0.905 bits per heavy atom. The van der Waals surface area contributed by atoms with Gasteiger partial charge in [0, 0.05) is 63.0 Å². The van der Waals surface area contributed by atoms with E-state index in [2.05, 4.69) is 68.7 Å². The van der Waals surface area contributed by atoms with Crippen molar-refractivity contribution in [1.29, 1.82) is 0 Å². The van der Waals surface area contributed by atoms with Crippen molar-refractivity contribution in [3.63, 3.8) is 0 Å². The molecular weight excluding hydrogens is 1100 g/mol. The van der Waals surface area contributed by atoms with Crippen LogP contribution in [-0.4, -0.2) is 176 Å². The number of esters is 9. The zero-order valence-electron chi connectivity index (χ0n) is 51.6. The van der Waals surface area contributed by atoms with Gasteiger partial charge in [0.1, 0.15) is 64.6 Å². The lowest BCUT2D eigenvalue weighted by Gasteiger charge is -2.31. The second kappa shape index (κ2) is 47.1. The lowest BCUT2D eigenvalue weighted by atomic mass is 9.88. The van der Waals surface area contributed by atoms with E-state index < -0.39 is 65.2 Å². The van der Waals surface area contributed by atoms with Gasteiger partial charge in [0.25, 0.3) is 0 Å². The molecular formula is C61H94O23. The normalized spacial score (nSPS) is 11.3. The maximum Gasteiger partial charge on any atom is 0.333 e. The summed E-state index contributed by atoms with van der Waals surface area (Å²) in [6, 6.07) is 0. The van der Waals surface area contributed by atoms with Crippen LogP contribution in [0.3, 0.4) is 0 Å². The fourth-order valence-corrected chi connectivity index (χ4v) is 4.92. The minimum absolute atomic E-state index is 0.0812. The Bertz CT molecular complexity index is 2030. The Morgan fingerprint density at radius 2 is 0.655 bits per heavy atom. The molecule has 0 saturated carbocycles. The highest BCUT2D eigenvalue weighted by Gasteiger charge is 2.34. The number of carbonyl (C=O) groups is 9.